The lowest BCUT2D eigenvalue weighted by Crippen LogP contribution is -1.80. The first-order valence-corrected chi connectivity index (χ1v) is 5.06. The van der Waals surface area contributed by atoms with Crippen LogP contribution in [0.5, 0.6) is 0 Å². The van der Waals surface area contributed by atoms with Gasteiger partial charge >= 0.3 is 8.12 Å². The standard InChI is InChI=1S/C13H9N.BFH2/c1-3-7-12-10(5-1)9-11-6-2-4-8-13(11)14-12;1-2/h1-9H;1H2. The number of hydrogen-bond donors (Lipinski definition) is 0. The highest BCUT2D eigenvalue weighted by atomic mass is 19.1. The Balaban J connectivity index is 0.000000457. The van der Waals surface area contributed by atoms with E-state index in [9.17, 15) is 4.32 Å². The van der Waals surface area contributed by atoms with E-state index in [0.717, 1.165) is 11.0 Å². The van der Waals surface area contributed by atoms with Crippen molar-refractivity contribution in [3.8, 4) is 0 Å². The summed E-state index contributed by atoms with van der Waals surface area (Å²) in [6, 6.07) is 18.6. The molecule has 3 rings (SSSR count). The van der Waals surface area contributed by atoms with Gasteiger partial charge in [0.2, 0.25) is 0 Å². The molecular formula is C13H11BFN. The van der Waals surface area contributed by atoms with Gasteiger partial charge in [0.1, 0.15) is 0 Å². The van der Waals surface area contributed by atoms with Gasteiger partial charge < -0.3 is 4.32 Å². The van der Waals surface area contributed by atoms with Crippen LogP contribution in [-0.4, -0.2) is 13.1 Å². The van der Waals surface area contributed by atoms with Crippen molar-refractivity contribution in [2.45, 2.75) is 0 Å². The molecule has 78 valence electrons. The summed E-state index contributed by atoms with van der Waals surface area (Å²) in [5.41, 5.74) is 2.12. The van der Waals surface area contributed by atoms with E-state index < -0.39 is 0 Å². The number of hydrogen-bond acceptors (Lipinski definition) is 1. The molecule has 0 aliphatic carbocycles. The zero-order valence-corrected chi connectivity index (χ0v) is 9.02. The highest BCUT2D eigenvalue weighted by molar-refractivity contribution is 5.96. The molecule has 1 nitrogen and oxygen atoms in total. The molecule has 0 aliphatic rings. The van der Waals surface area contributed by atoms with Gasteiger partial charge in [0.25, 0.3) is 0 Å². The van der Waals surface area contributed by atoms with Crippen LogP contribution in [0.3, 0.4) is 0 Å². The number of halogens is 1. The summed E-state index contributed by atoms with van der Waals surface area (Å²) in [7, 11) is 0.500. The molecule has 3 heteroatoms. The Bertz CT molecular complexity index is 505. The summed E-state index contributed by atoms with van der Waals surface area (Å²) in [6.07, 6.45) is 0. The van der Waals surface area contributed by atoms with Crippen molar-refractivity contribution in [2.24, 2.45) is 0 Å². The average molecular weight is 211 g/mol. The van der Waals surface area contributed by atoms with Gasteiger partial charge in [-0.1, -0.05) is 36.4 Å². The molecule has 0 atom stereocenters. The zero-order chi connectivity index (χ0) is 11.4. The van der Waals surface area contributed by atoms with Crippen molar-refractivity contribution in [2.75, 3.05) is 0 Å². The third kappa shape index (κ3) is 1.89. The smallest absolute Gasteiger partial charge is 0.314 e. The fraction of sp³-hybridized carbons (Fsp3) is 0. The van der Waals surface area contributed by atoms with Crippen LogP contribution in [0.15, 0.2) is 54.6 Å². The molecule has 3 aromatic rings. The van der Waals surface area contributed by atoms with E-state index in [1.807, 2.05) is 36.4 Å². The predicted octanol–water partition coefficient (Wildman–Crippen LogP) is 2.89. The van der Waals surface area contributed by atoms with E-state index in [2.05, 4.69) is 23.2 Å². The predicted molar refractivity (Wildman–Crippen MR) is 68.9 cm³/mol. The van der Waals surface area contributed by atoms with Crippen LogP contribution in [-0.2, 0) is 0 Å². The maximum atomic E-state index is 9.50. The number of rotatable bonds is 0. The molecule has 0 radical (unpaired) electrons. The third-order valence-corrected chi connectivity index (χ3v) is 2.43. The van der Waals surface area contributed by atoms with Crippen molar-refractivity contribution >= 4 is 29.9 Å². The van der Waals surface area contributed by atoms with Gasteiger partial charge in [-0.25, -0.2) is 4.98 Å². The lowest BCUT2D eigenvalue weighted by Gasteiger charge is -1.99. The van der Waals surface area contributed by atoms with Gasteiger partial charge in [-0.2, -0.15) is 0 Å². The van der Waals surface area contributed by atoms with Gasteiger partial charge in [-0.15, -0.1) is 0 Å². The second kappa shape index (κ2) is 4.75. The van der Waals surface area contributed by atoms with Crippen LogP contribution in [0.25, 0.3) is 21.8 Å². The maximum Gasteiger partial charge on any atom is 0.314 e. The molecule has 0 aliphatic heterocycles. The fourth-order valence-corrected chi connectivity index (χ4v) is 1.72. The Morgan fingerprint density at radius 2 is 1.19 bits per heavy atom. The second-order valence-corrected chi connectivity index (χ2v) is 3.37. The van der Waals surface area contributed by atoms with Crippen LogP contribution in [0.1, 0.15) is 0 Å². The molecule has 0 bridgehead atoms. The highest BCUT2D eigenvalue weighted by Gasteiger charge is 1.96. The minimum absolute atomic E-state index is 0.500. The molecule has 0 amide bonds. The fourth-order valence-electron chi connectivity index (χ4n) is 1.72. The molecule has 1 heterocycles. The first kappa shape index (κ1) is 10.6. The maximum absolute atomic E-state index is 9.50. The SMILES string of the molecule is BF.c1ccc2nc3ccccc3cc2c1. The molecule has 0 saturated heterocycles. The van der Waals surface area contributed by atoms with Crippen LogP contribution in [0.2, 0.25) is 0 Å². The molecule has 0 saturated carbocycles. The number of fused-ring (bicyclic) bond motifs is 2. The minimum Gasteiger partial charge on any atom is -0.347 e. The van der Waals surface area contributed by atoms with E-state index in [0.29, 0.717) is 8.12 Å². The van der Waals surface area contributed by atoms with Gasteiger partial charge in [0.05, 0.1) is 11.0 Å². The van der Waals surface area contributed by atoms with E-state index in [1.54, 1.807) is 0 Å². The summed E-state index contributed by atoms with van der Waals surface area (Å²) in [6.45, 7) is 0. The topological polar surface area (TPSA) is 12.9 Å². The molecular weight excluding hydrogens is 200 g/mol. The van der Waals surface area contributed by atoms with Crippen LogP contribution >= 0.6 is 0 Å². The molecule has 2 aromatic carbocycles. The van der Waals surface area contributed by atoms with Crippen molar-refractivity contribution in [1.82, 2.24) is 4.98 Å². The van der Waals surface area contributed by atoms with E-state index in [1.165, 1.54) is 10.8 Å². The van der Waals surface area contributed by atoms with Crippen molar-refractivity contribution in [3.63, 3.8) is 0 Å². The van der Waals surface area contributed by atoms with Gasteiger partial charge in [0.15, 0.2) is 0 Å². The first-order valence-electron chi connectivity index (χ1n) is 5.06. The largest absolute Gasteiger partial charge is 0.347 e. The molecule has 16 heavy (non-hydrogen) atoms. The number of nitrogens with zero attached hydrogens (tertiary/aromatic N) is 1. The van der Waals surface area contributed by atoms with Crippen molar-refractivity contribution in [1.29, 1.82) is 0 Å². The Labute approximate surface area is 94.4 Å². The normalized spacial score (nSPS) is 9.81. The quantitative estimate of drug-likeness (QED) is 0.411. The van der Waals surface area contributed by atoms with Crippen molar-refractivity contribution < 1.29 is 4.32 Å². The van der Waals surface area contributed by atoms with Crippen LogP contribution in [0.4, 0.5) is 4.32 Å². The highest BCUT2D eigenvalue weighted by Crippen LogP contribution is 2.18. The molecule has 1 aromatic heterocycles. The van der Waals surface area contributed by atoms with Crippen LogP contribution in [0, 0.1) is 0 Å². The number of para-hydroxylation sites is 2. The van der Waals surface area contributed by atoms with Gasteiger partial charge in [-0.3, -0.25) is 0 Å². The monoisotopic (exact) mass is 211 g/mol. The molecule has 0 N–H and O–H groups in total. The number of aromatic nitrogens is 1. The lowest BCUT2D eigenvalue weighted by molar-refractivity contribution is 0.902. The Morgan fingerprint density at radius 3 is 1.69 bits per heavy atom. The summed E-state index contributed by atoms with van der Waals surface area (Å²) >= 11 is 0. The van der Waals surface area contributed by atoms with Gasteiger partial charge in [-0.05, 0) is 18.2 Å². The van der Waals surface area contributed by atoms with E-state index >= 15 is 0 Å². The second-order valence-electron chi connectivity index (χ2n) is 3.37. The summed E-state index contributed by atoms with van der Waals surface area (Å²) in [4.78, 5) is 4.58. The molecule has 0 unspecified atom stereocenters. The Hall–Kier alpha value is -1.90. The Kier molecular flexibility index (Phi) is 3.15. The minimum atomic E-state index is 0.500. The van der Waals surface area contributed by atoms with E-state index in [-0.39, 0.29) is 0 Å². The summed E-state index contributed by atoms with van der Waals surface area (Å²) < 4.78 is 9.50. The first-order chi connectivity index (χ1) is 7.93. The molecule has 0 spiro atoms. The van der Waals surface area contributed by atoms with Crippen LogP contribution < -0.4 is 0 Å². The summed E-state index contributed by atoms with van der Waals surface area (Å²) in [5.74, 6) is 0. The van der Waals surface area contributed by atoms with Crippen molar-refractivity contribution in [3.05, 3.63) is 54.6 Å². The zero-order valence-electron chi connectivity index (χ0n) is 9.02. The third-order valence-electron chi connectivity index (χ3n) is 2.43. The van der Waals surface area contributed by atoms with E-state index in [4.69, 9.17) is 0 Å². The average Bonchev–Trinajstić information content (AvgIpc) is 2.38. The lowest BCUT2D eigenvalue weighted by atomic mass is 10.1. The van der Waals surface area contributed by atoms with Gasteiger partial charge in [0, 0.05) is 10.8 Å². The summed E-state index contributed by atoms with van der Waals surface area (Å²) in [5, 5.41) is 2.40. The number of benzene rings is 2. The molecule has 0 fully saturated rings. The number of pyridine rings is 1. The Morgan fingerprint density at radius 1 is 0.750 bits per heavy atom.